The number of halogens is 2. The van der Waals surface area contributed by atoms with Gasteiger partial charge in [0.2, 0.25) is 0 Å². The molecule has 2 heteroatoms. The van der Waals surface area contributed by atoms with Crippen LogP contribution in [-0.4, -0.2) is 0 Å². The average molecular weight is 187 g/mol. The van der Waals surface area contributed by atoms with Gasteiger partial charge in [0.15, 0.2) is 0 Å². The molecule has 0 atom stereocenters. The van der Waals surface area contributed by atoms with E-state index in [-0.39, 0.29) is 11.2 Å². The second-order valence-electron chi connectivity index (χ2n) is 3.87. The van der Waals surface area contributed by atoms with E-state index in [0.717, 1.165) is 5.56 Å². The Morgan fingerprint density at radius 3 is 2.25 bits per heavy atom. The average Bonchev–Trinajstić information content (AvgIpc) is 1.83. The van der Waals surface area contributed by atoms with Crippen molar-refractivity contribution in [2.24, 2.45) is 0 Å². The van der Waals surface area contributed by atoms with Crippen molar-refractivity contribution in [2.75, 3.05) is 0 Å². The minimum Gasteiger partial charge on any atom is -0.207 e. The summed E-state index contributed by atoms with van der Waals surface area (Å²) in [6.07, 6.45) is 0. The summed E-state index contributed by atoms with van der Waals surface area (Å²) in [6.45, 7) is 6.14. The molecule has 0 aliphatic heterocycles. The summed E-state index contributed by atoms with van der Waals surface area (Å²) >= 11 is 5.87. The van der Waals surface area contributed by atoms with Crippen LogP contribution < -0.4 is 0 Å². The van der Waals surface area contributed by atoms with Crippen molar-refractivity contribution >= 4 is 11.6 Å². The van der Waals surface area contributed by atoms with Crippen LogP contribution in [0.25, 0.3) is 0 Å². The molecular weight excluding hydrogens is 175 g/mol. The molecular formula is C10H12ClF. The van der Waals surface area contributed by atoms with E-state index in [2.05, 4.69) is 0 Å². The van der Waals surface area contributed by atoms with E-state index in [0.29, 0.717) is 5.02 Å². The van der Waals surface area contributed by atoms with Gasteiger partial charge < -0.3 is 0 Å². The summed E-state index contributed by atoms with van der Waals surface area (Å²) in [6, 6.07) is 4.52. The summed E-state index contributed by atoms with van der Waals surface area (Å²) in [5.74, 6) is -0.284. The molecule has 0 fully saturated rings. The Balaban J connectivity index is 3.19. The van der Waals surface area contributed by atoms with E-state index in [1.165, 1.54) is 12.1 Å². The van der Waals surface area contributed by atoms with Gasteiger partial charge in [-0.25, -0.2) is 4.39 Å². The number of hydrogen-bond acceptors (Lipinski definition) is 0. The second kappa shape index (κ2) is 3.06. The Morgan fingerprint density at radius 1 is 1.25 bits per heavy atom. The number of benzene rings is 1. The fourth-order valence-electron chi connectivity index (χ4n) is 1.10. The zero-order chi connectivity index (χ0) is 9.35. The third-order valence-electron chi connectivity index (χ3n) is 1.74. The fraction of sp³-hybridized carbons (Fsp3) is 0.400. The van der Waals surface area contributed by atoms with Gasteiger partial charge >= 0.3 is 0 Å². The van der Waals surface area contributed by atoms with Crippen molar-refractivity contribution in [3.8, 4) is 0 Å². The van der Waals surface area contributed by atoms with Crippen LogP contribution in [0, 0.1) is 5.82 Å². The number of rotatable bonds is 0. The third kappa shape index (κ3) is 1.98. The summed E-state index contributed by atoms with van der Waals surface area (Å²) < 4.78 is 12.7. The Bertz CT molecular complexity index is 286. The quantitative estimate of drug-likeness (QED) is 0.579. The highest BCUT2D eigenvalue weighted by Crippen LogP contribution is 2.29. The molecule has 0 amide bonds. The lowest BCUT2D eigenvalue weighted by molar-refractivity contribution is 0.583. The molecule has 0 aliphatic carbocycles. The Labute approximate surface area is 77.4 Å². The van der Waals surface area contributed by atoms with Gasteiger partial charge in [0.25, 0.3) is 0 Å². The minimum atomic E-state index is -0.284. The molecule has 0 spiro atoms. The van der Waals surface area contributed by atoms with E-state index >= 15 is 0 Å². The van der Waals surface area contributed by atoms with Gasteiger partial charge in [-0.3, -0.25) is 0 Å². The Hall–Kier alpha value is -0.560. The largest absolute Gasteiger partial charge is 0.207 e. The third-order valence-corrected chi connectivity index (χ3v) is 2.05. The van der Waals surface area contributed by atoms with Crippen LogP contribution in [0.2, 0.25) is 5.02 Å². The molecule has 0 heterocycles. The van der Waals surface area contributed by atoms with Gasteiger partial charge in [0.05, 0.1) is 0 Å². The molecule has 1 aromatic rings. The smallest absolute Gasteiger partial charge is 0.124 e. The van der Waals surface area contributed by atoms with Crippen LogP contribution in [0.4, 0.5) is 4.39 Å². The van der Waals surface area contributed by atoms with Gasteiger partial charge in [-0.2, -0.15) is 0 Å². The van der Waals surface area contributed by atoms with Crippen molar-refractivity contribution in [3.63, 3.8) is 0 Å². The molecule has 0 N–H and O–H groups in total. The topological polar surface area (TPSA) is 0 Å². The zero-order valence-electron chi connectivity index (χ0n) is 7.49. The standard InChI is InChI=1S/C10H12ClF/c1-10(2,3)8-5-4-7(12)6-9(8)11/h4-6H,1-3H3. The van der Waals surface area contributed by atoms with Crippen LogP contribution in [0.5, 0.6) is 0 Å². The summed E-state index contributed by atoms with van der Waals surface area (Å²) in [4.78, 5) is 0. The molecule has 0 saturated heterocycles. The van der Waals surface area contributed by atoms with Crippen molar-refractivity contribution in [1.29, 1.82) is 0 Å². The molecule has 0 saturated carbocycles. The molecule has 0 nitrogen and oxygen atoms in total. The van der Waals surface area contributed by atoms with E-state index < -0.39 is 0 Å². The van der Waals surface area contributed by atoms with Gasteiger partial charge in [-0.05, 0) is 23.1 Å². The first-order valence-corrected chi connectivity index (χ1v) is 4.24. The second-order valence-corrected chi connectivity index (χ2v) is 4.28. The summed E-state index contributed by atoms with van der Waals surface area (Å²) in [7, 11) is 0. The van der Waals surface area contributed by atoms with Crippen LogP contribution in [0.3, 0.4) is 0 Å². The maximum Gasteiger partial charge on any atom is 0.124 e. The van der Waals surface area contributed by atoms with Crippen molar-refractivity contribution in [1.82, 2.24) is 0 Å². The van der Waals surface area contributed by atoms with Crippen LogP contribution in [0.1, 0.15) is 26.3 Å². The lowest BCUT2D eigenvalue weighted by Gasteiger charge is -2.20. The van der Waals surface area contributed by atoms with Crippen molar-refractivity contribution in [2.45, 2.75) is 26.2 Å². The highest BCUT2D eigenvalue weighted by Gasteiger charge is 2.16. The zero-order valence-corrected chi connectivity index (χ0v) is 8.24. The molecule has 0 aromatic heterocycles. The highest BCUT2D eigenvalue weighted by atomic mass is 35.5. The molecule has 1 aromatic carbocycles. The molecule has 0 aliphatic rings. The first kappa shape index (κ1) is 9.53. The first-order valence-electron chi connectivity index (χ1n) is 3.87. The maximum absolute atomic E-state index is 12.7. The van der Waals surface area contributed by atoms with Crippen LogP contribution >= 0.6 is 11.6 Å². The minimum absolute atomic E-state index is 0.0230. The molecule has 1 rings (SSSR count). The van der Waals surface area contributed by atoms with Gasteiger partial charge in [-0.15, -0.1) is 0 Å². The normalized spacial score (nSPS) is 11.8. The molecule has 0 bridgehead atoms. The van der Waals surface area contributed by atoms with E-state index in [4.69, 9.17) is 11.6 Å². The molecule has 66 valence electrons. The van der Waals surface area contributed by atoms with Gasteiger partial charge in [0.1, 0.15) is 5.82 Å². The van der Waals surface area contributed by atoms with Crippen LogP contribution in [0.15, 0.2) is 18.2 Å². The van der Waals surface area contributed by atoms with E-state index in [9.17, 15) is 4.39 Å². The highest BCUT2D eigenvalue weighted by molar-refractivity contribution is 6.31. The van der Waals surface area contributed by atoms with Crippen LogP contribution in [-0.2, 0) is 5.41 Å². The predicted molar refractivity (Wildman–Crippen MR) is 50.1 cm³/mol. The van der Waals surface area contributed by atoms with E-state index in [1.807, 2.05) is 20.8 Å². The van der Waals surface area contributed by atoms with Gasteiger partial charge in [0, 0.05) is 5.02 Å². The van der Waals surface area contributed by atoms with Gasteiger partial charge in [-0.1, -0.05) is 38.4 Å². The number of hydrogen-bond donors (Lipinski definition) is 0. The Morgan fingerprint density at radius 2 is 1.83 bits per heavy atom. The monoisotopic (exact) mass is 186 g/mol. The molecule has 0 radical (unpaired) electrons. The van der Waals surface area contributed by atoms with Crippen molar-refractivity contribution < 1.29 is 4.39 Å². The van der Waals surface area contributed by atoms with E-state index in [1.54, 1.807) is 6.07 Å². The summed E-state index contributed by atoms with van der Waals surface area (Å²) in [5, 5.41) is 0.502. The fourth-order valence-corrected chi connectivity index (χ4v) is 1.55. The Kier molecular flexibility index (Phi) is 2.43. The summed E-state index contributed by atoms with van der Waals surface area (Å²) in [5.41, 5.74) is 0.954. The first-order chi connectivity index (χ1) is 5.41. The molecule has 0 unspecified atom stereocenters. The maximum atomic E-state index is 12.7. The lowest BCUT2D eigenvalue weighted by Crippen LogP contribution is -2.11. The van der Waals surface area contributed by atoms with Crippen molar-refractivity contribution in [3.05, 3.63) is 34.6 Å². The lowest BCUT2D eigenvalue weighted by atomic mass is 9.87. The molecule has 12 heavy (non-hydrogen) atoms. The predicted octanol–water partition coefficient (Wildman–Crippen LogP) is 3.78. The SMILES string of the molecule is CC(C)(C)c1ccc(F)cc1Cl.